The molecule has 2 fully saturated rings. The van der Waals surface area contributed by atoms with E-state index >= 15 is 0 Å². The van der Waals surface area contributed by atoms with E-state index in [0.29, 0.717) is 12.1 Å². The molecule has 2 aliphatic heterocycles. The maximum atomic E-state index is 14.0. The normalized spacial score (nSPS) is 28.9. The van der Waals surface area contributed by atoms with E-state index in [2.05, 4.69) is 5.32 Å². The number of hydrogen-bond donors (Lipinski definition) is 1. The number of piperidine rings is 1. The van der Waals surface area contributed by atoms with Gasteiger partial charge in [-0.25, -0.2) is 4.39 Å². The van der Waals surface area contributed by atoms with Gasteiger partial charge in [0.15, 0.2) is 11.6 Å². The molecule has 19 heavy (non-hydrogen) atoms. The molecule has 0 aromatic heterocycles. The summed E-state index contributed by atoms with van der Waals surface area (Å²) in [5, 5.41) is 12.3. The van der Waals surface area contributed by atoms with Crippen LogP contribution in [0.2, 0.25) is 0 Å². The van der Waals surface area contributed by atoms with Gasteiger partial charge < -0.3 is 5.32 Å². The first-order valence-corrected chi connectivity index (χ1v) is 6.68. The number of nitrogens with zero attached hydrogens (tertiary/aromatic N) is 1. The molecule has 2 atom stereocenters. The predicted octanol–water partition coefficient (Wildman–Crippen LogP) is 2.41. The summed E-state index contributed by atoms with van der Waals surface area (Å²) in [4.78, 5) is 12.4. The molecule has 0 radical (unpaired) electrons. The number of ketones is 1. The van der Waals surface area contributed by atoms with Gasteiger partial charge in [0.25, 0.3) is 0 Å². The molecule has 1 aromatic carbocycles. The van der Waals surface area contributed by atoms with E-state index in [9.17, 15) is 9.18 Å². The van der Waals surface area contributed by atoms with E-state index in [1.165, 1.54) is 12.1 Å². The number of halogens is 1. The van der Waals surface area contributed by atoms with Crippen LogP contribution in [0.3, 0.4) is 0 Å². The molecule has 1 aromatic rings. The smallest absolute Gasteiger partial charge is 0.169 e. The predicted molar refractivity (Wildman–Crippen MR) is 68.1 cm³/mol. The number of carbonyl (C=O) groups is 1. The minimum absolute atomic E-state index is 0.0530. The summed E-state index contributed by atoms with van der Waals surface area (Å²) in [6.45, 7) is 0. The van der Waals surface area contributed by atoms with Gasteiger partial charge in [0, 0.05) is 18.0 Å². The lowest BCUT2D eigenvalue weighted by Crippen LogP contribution is -2.40. The van der Waals surface area contributed by atoms with Gasteiger partial charge in [-0.3, -0.25) is 4.79 Å². The maximum Gasteiger partial charge on any atom is 0.169 e. The molecule has 2 saturated heterocycles. The second-order valence-electron chi connectivity index (χ2n) is 5.45. The Balaban J connectivity index is 1.87. The number of hydrogen-bond acceptors (Lipinski definition) is 3. The molecule has 2 aliphatic rings. The molecule has 2 unspecified atom stereocenters. The van der Waals surface area contributed by atoms with Gasteiger partial charge in [-0.1, -0.05) is 6.07 Å². The lowest BCUT2D eigenvalue weighted by Gasteiger charge is -2.28. The van der Waals surface area contributed by atoms with E-state index < -0.39 is 5.82 Å². The zero-order valence-electron chi connectivity index (χ0n) is 10.5. The van der Waals surface area contributed by atoms with Crippen LogP contribution in [0.4, 0.5) is 4.39 Å². The third kappa shape index (κ3) is 2.15. The van der Waals surface area contributed by atoms with Crippen LogP contribution in [0.1, 0.15) is 41.6 Å². The van der Waals surface area contributed by atoms with Crippen molar-refractivity contribution in [2.45, 2.75) is 37.8 Å². The van der Waals surface area contributed by atoms with Crippen LogP contribution in [0.15, 0.2) is 18.2 Å². The SMILES string of the molecule is N#Cc1cccc(C(=O)C2CC3CCC(C2)N3)c1F. The number of nitriles is 1. The van der Waals surface area contributed by atoms with E-state index in [0.717, 1.165) is 25.7 Å². The Kier molecular flexibility index (Phi) is 3.08. The van der Waals surface area contributed by atoms with Crippen LogP contribution in [0.5, 0.6) is 0 Å². The van der Waals surface area contributed by atoms with E-state index in [1.807, 2.05) is 0 Å². The largest absolute Gasteiger partial charge is 0.311 e. The van der Waals surface area contributed by atoms with Crippen molar-refractivity contribution >= 4 is 5.78 Å². The quantitative estimate of drug-likeness (QED) is 0.829. The minimum atomic E-state index is -0.666. The number of carbonyl (C=O) groups excluding carboxylic acids is 1. The molecule has 2 bridgehead atoms. The standard InChI is InChI=1S/C15H15FN2O/c16-14-9(8-17)2-1-3-13(14)15(19)10-6-11-4-5-12(7-10)18-11/h1-3,10-12,18H,4-7H2. The summed E-state index contributed by atoms with van der Waals surface area (Å²) < 4.78 is 14.0. The highest BCUT2D eigenvalue weighted by Crippen LogP contribution is 2.33. The molecular formula is C15H15FN2O. The molecule has 3 rings (SSSR count). The average Bonchev–Trinajstić information content (AvgIpc) is 2.77. The average molecular weight is 258 g/mol. The van der Waals surface area contributed by atoms with Crippen molar-refractivity contribution < 1.29 is 9.18 Å². The molecule has 0 amide bonds. The van der Waals surface area contributed by atoms with Crippen molar-refractivity contribution in [3.8, 4) is 6.07 Å². The first-order valence-electron chi connectivity index (χ1n) is 6.68. The maximum absolute atomic E-state index is 14.0. The fourth-order valence-electron chi connectivity index (χ4n) is 3.30. The van der Waals surface area contributed by atoms with Crippen molar-refractivity contribution in [2.75, 3.05) is 0 Å². The Bertz CT molecular complexity index is 552. The summed E-state index contributed by atoms with van der Waals surface area (Å²) in [7, 11) is 0. The molecule has 1 N–H and O–H groups in total. The van der Waals surface area contributed by atoms with Crippen molar-refractivity contribution in [3.63, 3.8) is 0 Å². The van der Waals surface area contributed by atoms with Crippen LogP contribution in [0, 0.1) is 23.1 Å². The van der Waals surface area contributed by atoms with Crippen molar-refractivity contribution in [1.29, 1.82) is 5.26 Å². The van der Waals surface area contributed by atoms with E-state index in [-0.39, 0.29) is 22.8 Å². The molecule has 0 aliphatic carbocycles. The third-order valence-corrected chi connectivity index (χ3v) is 4.23. The Morgan fingerprint density at radius 3 is 2.63 bits per heavy atom. The highest BCUT2D eigenvalue weighted by Gasteiger charge is 2.37. The van der Waals surface area contributed by atoms with Crippen LogP contribution in [-0.2, 0) is 0 Å². The van der Waals surface area contributed by atoms with Gasteiger partial charge in [0.05, 0.1) is 11.1 Å². The van der Waals surface area contributed by atoms with Crippen LogP contribution < -0.4 is 5.32 Å². The van der Waals surface area contributed by atoms with Gasteiger partial charge >= 0.3 is 0 Å². The van der Waals surface area contributed by atoms with Crippen molar-refractivity contribution in [3.05, 3.63) is 35.1 Å². The second-order valence-corrected chi connectivity index (χ2v) is 5.45. The molecule has 4 heteroatoms. The van der Waals surface area contributed by atoms with Crippen molar-refractivity contribution in [1.82, 2.24) is 5.32 Å². The summed E-state index contributed by atoms with van der Waals surface area (Å²) in [5.41, 5.74) is 0.0214. The number of benzene rings is 1. The lowest BCUT2D eigenvalue weighted by molar-refractivity contribution is 0.0871. The second kappa shape index (κ2) is 4.75. The number of fused-ring (bicyclic) bond motifs is 2. The Labute approximate surface area is 111 Å². The molecule has 98 valence electrons. The van der Waals surface area contributed by atoms with Crippen LogP contribution in [-0.4, -0.2) is 17.9 Å². The van der Waals surface area contributed by atoms with Crippen LogP contribution in [0.25, 0.3) is 0 Å². The Morgan fingerprint density at radius 2 is 2.00 bits per heavy atom. The highest BCUT2D eigenvalue weighted by molar-refractivity contribution is 5.98. The van der Waals surface area contributed by atoms with Crippen molar-refractivity contribution in [2.24, 2.45) is 5.92 Å². The minimum Gasteiger partial charge on any atom is -0.311 e. The number of Topliss-reactive ketones (excluding diaryl/α,β-unsaturated/α-hetero) is 1. The lowest BCUT2D eigenvalue weighted by atomic mass is 9.85. The van der Waals surface area contributed by atoms with Crippen LogP contribution >= 0.6 is 0 Å². The monoisotopic (exact) mass is 258 g/mol. The zero-order chi connectivity index (χ0) is 13.4. The summed E-state index contributed by atoms with van der Waals surface area (Å²) in [5.74, 6) is -0.920. The molecule has 3 nitrogen and oxygen atoms in total. The molecular weight excluding hydrogens is 243 g/mol. The first kappa shape index (κ1) is 12.3. The Morgan fingerprint density at radius 1 is 1.32 bits per heavy atom. The van der Waals surface area contributed by atoms with E-state index in [1.54, 1.807) is 12.1 Å². The first-order chi connectivity index (χ1) is 9.19. The third-order valence-electron chi connectivity index (χ3n) is 4.23. The fourth-order valence-corrected chi connectivity index (χ4v) is 3.30. The van der Waals surface area contributed by atoms with Gasteiger partial charge in [-0.2, -0.15) is 5.26 Å². The Hall–Kier alpha value is -1.73. The number of nitrogens with one attached hydrogen (secondary N) is 1. The highest BCUT2D eigenvalue weighted by atomic mass is 19.1. The molecule has 0 saturated carbocycles. The van der Waals surface area contributed by atoms with Gasteiger partial charge in [-0.15, -0.1) is 0 Å². The summed E-state index contributed by atoms with van der Waals surface area (Å²) in [6, 6.07) is 7.04. The molecule has 0 spiro atoms. The molecule has 2 heterocycles. The summed E-state index contributed by atoms with van der Waals surface area (Å²) >= 11 is 0. The zero-order valence-corrected chi connectivity index (χ0v) is 10.5. The topological polar surface area (TPSA) is 52.9 Å². The van der Waals surface area contributed by atoms with E-state index in [4.69, 9.17) is 5.26 Å². The summed E-state index contributed by atoms with van der Waals surface area (Å²) in [6.07, 6.45) is 3.78. The van der Waals surface area contributed by atoms with Gasteiger partial charge in [0.2, 0.25) is 0 Å². The van der Waals surface area contributed by atoms with Gasteiger partial charge in [0.1, 0.15) is 6.07 Å². The number of rotatable bonds is 2. The fraction of sp³-hybridized carbons (Fsp3) is 0.467. The van der Waals surface area contributed by atoms with Gasteiger partial charge in [-0.05, 0) is 37.8 Å².